The SMILES string of the molecule is C[C@H](CNCCc1cc2ccccc2[nH]1)NS(=O)(=O)c1ccc2cnccc2c1.Cl. The first kappa shape index (κ1) is 22.2. The molecule has 158 valence electrons. The van der Waals surface area contributed by atoms with Gasteiger partial charge in [-0.15, -0.1) is 12.4 Å². The molecule has 30 heavy (non-hydrogen) atoms. The monoisotopic (exact) mass is 444 g/mol. The quantitative estimate of drug-likeness (QED) is 0.362. The maximum Gasteiger partial charge on any atom is 0.240 e. The Morgan fingerprint density at radius 3 is 2.70 bits per heavy atom. The second-order valence-electron chi connectivity index (χ2n) is 7.24. The molecule has 0 aliphatic heterocycles. The summed E-state index contributed by atoms with van der Waals surface area (Å²) in [6, 6.07) is 17.0. The molecule has 4 aromatic rings. The average Bonchev–Trinajstić information content (AvgIpc) is 3.13. The molecule has 0 bridgehead atoms. The predicted molar refractivity (Wildman–Crippen MR) is 124 cm³/mol. The van der Waals surface area contributed by atoms with Crippen LogP contribution in [0.4, 0.5) is 0 Å². The van der Waals surface area contributed by atoms with E-state index in [1.54, 1.807) is 30.6 Å². The average molecular weight is 445 g/mol. The Balaban J connectivity index is 0.00000256. The van der Waals surface area contributed by atoms with Crippen LogP contribution in [0, 0.1) is 0 Å². The van der Waals surface area contributed by atoms with E-state index in [2.05, 4.69) is 38.2 Å². The number of hydrogen-bond acceptors (Lipinski definition) is 4. The van der Waals surface area contributed by atoms with Gasteiger partial charge in [-0.1, -0.05) is 24.3 Å². The van der Waals surface area contributed by atoms with Gasteiger partial charge in [-0.05, 0) is 54.4 Å². The van der Waals surface area contributed by atoms with Gasteiger partial charge in [-0.25, -0.2) is 13.1 Å². The molecule has 0 saturated carbocycles. The number of nitrogens with zero attached hydrogens (tertiary/aromatic N) is 1. The van der Waals surface area contributed by atoms with Gasteiger partial charge >= 0.3 is 0 Å². The highest BCUT2D eigenvalue weighted by Crippen LogP contribution is 2.18. The fraction of sp³-hybridized carbons (Fsp3) is 0.227. The van der Waals surface area contributed by atoms with E-state index in [1.807, 2.05) is 25.1 Å². The predicted octanol–water partition coefficient (Wildman–Crippen LogP) is 3.64. The lowest BCUT2D eigenvalue weighted by Crippen LogP contribution is -2.40. The smallest absolute Gasteiger partial charge is 0.240 e. The summed E-state index contributed by atoms with van der Waals surface area (Å²) in [5, 5.41) is 6.30. The first-order valence-corrected chi connectivity index (χ1v) is 11.1. The molecule has 3 N–H and O–H groups in total. The van der Waals surface area contributed by atoms with Crippen molar-refractivity contribution in [2.75, 3.05) is 13.1 Å². The van der Waals surface area contributed by atoms with E-state index in [4.69, 9.17) is 0 Å². The number of sulfonamides is 1. The Morgan fingerprint density at radius 1 is 1.03 bits per heavy atom. The molecule has 0 amide bonds. The molecule has 2 aromatic carbocycles. The molecular formula is C22H25ClN4O2S. The molecule has 0 spiro atoms. The second-order valence-corrected chi connectivity index (χ2v) is 8.96. The number of benzene rings is 2. The minimum Gasteiger partial charge on any atom is -0.358 e. The van der Waals surface area contributed by atoms with Crippen LogP contribution in [0.1, 0.15) is 12.6 Å². The number of rotatable bonds is 8. The van der Waals surface area contributed by atoms with E-state index in [0.29, 0.717) is 6.54 Å². The Labute approximate surface area is 182 Å². The molecule has 4 rings (SSSR count). The summed E-state index contributed by atoms with van der Waals surface area (Å²) >= 11 is 0. The highest BCUT2D eigenvalue weighted by Gasteiger charge is 2.17. The van der Waals surface area contributed by atoms with Crippen molar-refractivity contribution in [1.29, 1.82) is 0 Å². The number of hydrogen-bond donors (Lipinski definition) is 3. The zero-order chi connectivity index (χ0) is 20.3. The lowest BCUT2D eigenvalue weighted by atomic mass is 10.2. The van der Waals surface area contributed by atoms with Crippen molar-refractivity contribution in [3.05, 3.63) is 72.7 Å². The van der Waals surface area contributed by atoms with E-state index in [0.717, 1.165) is 34.9 Å². The summed E-state index contributed by atoms with van der Waals surface area (Å²) in [6.07, 6.45) is 4.23. The summed E-state index contributed by atoms with van der Waals surface area (Å²) in [4.78, 5) is 7.72. The lowest BCUT2D eigenvalue weighted by Gasteiger charge is -2.15. The van der Waals surface area contributed by atoms with Crippen LogP contribution in [-0.4, -0.2) is 37.5 Å². The van der Waals surface area contributed by atoms with E-state index in [-0.39, 0.29) is 23.3 Å². The molecule has 0 unspecified atom stereocenters. The molecule has 0 saturated heterocycles. The normalized spacial score (nSPS) is 12.7. The topological polar surface area (TPSA) is 86.9 Å². The molecule has 0 aliphatic carbocycles. The van der Waals surface area contributed by atoms with Crippen molar-refractivity contribution in [1.82, 2.24) is 20.0 Å². The second kappa shape index (κ2) is 9.57. The number of aromatic nitrogens is 2. The van der Waals surface area contributed by atoms with Gasteiger partial charge in [-0.2, -0.15) is 0 Å². The zero-order valence-electron chi connectivity index (χ0n) is 16.6. The number of H-pyrrole nitrogens is 1. The molecule has 2 aromatic heterocycles. The van der Waals surface area contributed by atoms with Gasteiger partial charge in [0, 0.05) is 48.1 Å². The van der Waals surface area contributed by atoms with Gasteiger partial charge in [0.2, 0.25) is 10.0 Å². The van der Waals surface area contributed by atoms with Crippen LogP contribution in [0.5, 0.6) is 0 Å². The lowest BCUT2D eigenvalue weighted by molar-refractivity contribution is 0.537. The number of fused-ring (bicyclic) bond motifs is 2. The van der Waals surface area contributed by atoms with E-state index >= 15 is 0 Å². The number of nitrogens with one attached hydrogen (secondary N) is 3. The number of pyridine rings is 1. The van der Waals surface area contributed by atoms with Gasteiger partial charge in [-0.3, -0.25) is 4.98 Å². The van der Waals surface area contributed by atoms with Gasteiger partial charge in [0.05, 0.1) is 4.90 Å². The molecule has 0 aliphatic rings. The summed E-state index contributed by atoms with van der Waals surface area (Å²) < 4.78 is 28.1. The van der Waals surface area contributed by atoms with Crippen LogP contribution in [0.2, 0.25) is 0 Å². The number of para-hydroxylation sites is 1. The maximum absolute atomic E-state index is 12.7. The van der Waals surface area contributed by atoms with E-state index < -0.39 is 10.0 Å². The highest BCUT2D eigenvalue weighted by molar-refractivity contribution is 7.89. The molecule has 0 radical (unpaired) electrons. The first-order valence-electron chi connectivity index (χ1n) is 9.65. The molecular weight excluding hydrogens is 420 g/mol. The van der Waals surface area contributed by atoms with Crippen LogP contribution in [0.15, 0.2) is 71.9 Å². The summed E-state index contributed by atoms with van der Waals surface area (Å²) in [5.41, 5.74) is 2.30. The summed E-state index contributed by atoms with van der Waals surface area (Å²) in [7, 11) is -3.57. The van der Waals surface area contributed by atoms with Crippen molar-refractivity contribution in [2.24, 2.45) is 0 Å². The third-order valence-electron chi connectivity index (χ3n) is 4.89. The van der Waals surface area contributed by atoms with Crippen molar-refractivity contribution in [2.45, 2.75) is 24.3 Å². The number of aromatic amines is 1. The van der Waals surface area contributed by atoms with Crippen molar-refractivity contribution in [3.63, 3.8) is 0 Å². The minimum atomic E-state index is -3.57. The first-order chi connectivity index (χ1) is 14.0. The van der Waals surface area contributed by atoms with E-state index in [9.17, 15) is 8.42 Å². The third-order valence-corrected chi connectivity index (χ3v) is 6.47. The van der Waals surface area contributed by atoms with Gasteiger partial charge in [0.15, 0.2) is 0 Å². The van der Waals surface area contributed by atoms with Crippen molar-refractivity contribution < 1.29 is 8.42 Å². The Kier molecular flexibility index (Phi) is 7.10. The van der Waals surface area contributed by atoms with Crippen LogP contribution < -0.4 is 10.0 Å². The largest absolute Gasteiger partial charge is 0.358 e. The van der Waals surface area contributed by atoms with E-state index in [1.165, 1.54) is 5.39 Å². The van der Waals surface area contributed by atoms with Crippen molar-refractivity contribution >= 4 is 44.1 Å². The molecule has 8 heteroatoms. The summed E-state index contributed by atoms with van der Waals surface area (Å²) in [6.45, 7) is 3.18. The van der Waals surface area contributed by atoms with Crippen LogP contribution >= 0.6 is 12.4 Å². The minimum absolute atomic E-state index is 0. The summed E-state index contributed by atoms with van der Waals surface area (Å²) in [5.74, 6) is 0. The zero-order valence-corrected chi connectivity index (χ0v) is 18.3. The van der Waals surface area contributed by atoms with Crippen LogP contribution in [0.25, 0.3) is 21.7 Å². The van der Waals surface area contributed by atoms with Gasteiger partial charge in [0.1, 0.15) is 0 Å². The Bertz CT molecular complexity index is 1210. The fourth-order valence-corrected chi connectivity index (χ4v) is 4.69. The Hall–Kier alpha value is -2.45. The maximum atomic E-state index is 12.7. The highest BCUT2D eigenvalue weighted by atomic mass is 35.5. The van der Waals surface area contributed by atoms with Gasteiger partial charge in [0.25, 0.3) is 0 Å². The molecule has 6 nitrogen and oxygen atoms in total. The molecule has 2 heterocycles. The van der Waals surface area contributed by atoms with Crippen LogP contribution in [-0.2, 0) is 16.4 Å². The fourth-order valence-electron chi connectivity index (χ4n) is 3.41. The molecule has 1 atom stereocenters. The standard InChI is InChI=1S/C22H24N4O2S.ClH/c1-16(14-23-11-9-20-12-18-4-2-3-5-22(18)25-20)26-29(27,28)21-7-6-19-15-24-10-8-17(19)13-21;/h2-8,10,12-13,15-16,23,25-26H,9,11,14H2,1H3;1H/t16-;/m1./s1. The van der Waals surface area contributed by atoms with Crippen molar-refractivity contribution in [3.8, 4) is 0 Å². The third kappa shape index (κ3) is 5.17. The van der Waals surface area contributed by atoms with Crippen LogP contribution in [0.3, 0.4) is 0 Å². The number of halogens is 1. The Morgan fingerprint density at radius 2 is 1.87 bits per heavy atom. The molecule has 0 fully saturated rings. The van der Waals surface area contributed by atoms with Gasteiger partial charge < -0.3 is 10.3 Å².